The molecule has 24 heavy (non-hydrogen) atoms. The van der Waals surface area contributed by atoms with E-state index in [0.29, 0.717) is 11.3 Å². The van der Waals surface area contributed by atoms with Crippen LogP contribution in [0.15, 0.2) is 36.9 Å². The highest BCUT2D eigenvalue weighted by atomic mass is 16.6. The highest BCUT2D eigenvalue weighted by Crippen LogP contribution is 2.48. The van der Waals surface area contributed by atoms with Gasteiger partial charge in [0, 0.05) is 6.42 Å². The molecule has 0 N–H and O–H groups in total. The van der Waals surface area contributed by atoms with Gasteiger partial charge in [0.05, 0.1) is 12.7 Å². The number of rotatable bonds is 5. The Balaban J connectivity index is 2.01. The smallest absolute Gasteiger partial charge is 0.419 e. The lowest BCUT2D eigenvalue weighted by Crippen LogP contribution is -2.54. The van der Waals surface area contributed by atoms with E-state index in [9.17, 15) is 14.4 Å². The quantitative estimate of drug-likeness (QED) is 0.608. The van der Waals surface area contributed by atoms with Crippen molar-refractivity contribution < 1.29 is 28.6 Å². The van der Waals surface area contributed by atoms with Gasteiger partial charge in [-0.3, -0.25) is 9.69 Å². The number of para-hydroxylation sites is 1. The molecule has 1 saturated heterocycles. The largest absolute Gasteiger partial charge is 0.469 e. The van der Waals surface area contributed by atoms with E-state index >= 15 is 0 Å². The number of fused-ring (bicyclic) bond motifs is 3. The lowest BCUT2D eigenvalue weighted by Gasteiger charge is -2.37. The van der Waals surface area contributed by atoms with Crippen LogP contribution in [-0.4, -0.2) is 35.6 Å². The minimum Gasteiger partial charge on any atom is -0.469 e. The molecule has 2 atom stereocenters. The Morgan fingerprint density at radius 1 is 1.42 bits per heavy atom. The van der Waals surface area contributed by atoms with Gasteiger partial charge in [-0.25, -0.2) is 9.59 Å². The summed E-state index contributed by atoms with van der Waals surface area (Å²) in [5, 5.41) is 0. The second-order valence-corrected chi connectivity index (χ2v) is 5.63. The van der Waals surface area contributed by atoms with Crippen LogP contribution in [0.25, 0.3) is 0 Å². The lowest BCUT2D eigenvalue weighted by molar-refractivity contribution is -0.146. The zero-order chi connectivity index (χ0) is 17.3. The van der Waals surface area contributed by atoms with E-state index in [-0.39, 0.29) is 19.3 Å². The zero-order valence-electron chi connectivity index (χ0n) is 13.2. The SMILES string of the molecule is C=CC[C@]1(CCC(=O)OC)C(=O)O[C@@H]2c3ccccc3OC(=O)N21. The molecule has 7 nitrogen and oxygen atoms in total. The minimum absolute atomic E-state index is 0.0302. The lowest BCUT2D eigenvalue weighted by atomic mass is 9.88. The van der Waals surface area contributed by atoms with Gasteiger partial charge in [-0.1, -0.05) is 18.2 Å². The number of benzene rings is 1. The van der Waals surface area contributed by atoms with Gasteiger partial charge in [-0.2, -0.15) is 0 Å². The minimum atomic E-state index is -1.33. The van der Waals surface area contributed by atoms with Crippen molar-refractivity contribution >= 4 is 18.0 Å². The number of ether oxygens (including phenoxy) is 3. The normalized spacial score (nSPS) is 24.5. The predicted octanol–water partition coefficient (Wildman–Crippen LogP) is 2.32. The summed E-state index contributed by atoms with van der Waals surface area (Å²) in [7, 11) is 1.27. The summed E-state index contributed by atoms with van der Waals surface area (Å²) in [5.41, 5.74) is -0.736. The van der Waals surface area contributed by atoms with E-state index < -0.39 is 29.8 Å². The first-order valence-electron chi connectivity index (χ1n) is 7.52. The first-order chi connectivity index (χ1) is 11.5. The summed E-state index contributed by atoms with van der Waals surface area (Å²) in [6, 6.07) is 6.87. The summed E-state index contributed by atoms with van der Waals surface area (Å²) in [5.74, 6) is -0.690. The second-order valence-electron chi connectivity index (χ2n) is 5.63. The van der Waals surface area contributed by atoms with E-state index in [1.165, 1.54) is 18.1 Å². The Hall–Kier alpha value is -2.83. The van der Waals surface area contributed by atoms with Crippen molar-refractivity contribution in [2.75, 3.05) is 7.11 Å². The summed E-state index contributed by atoms with van der Waals surface area (Å²) in [6.07, 6.45) is 0.157. The maximum absolute atomic E-state index is 12.6. The van der Waals surface area contributed by atoms with Crippen molar-refractivity contribution in [1.29, 1.82) is 0 Å². The predicted molar refractivity (Wildman–Crippen MR) is 81.9 cm³/mol. The van der Waals surface area contributed by atoms with Crippen molar-refractivity contribution in [2.45, 2.75) is 31.0 Å². The molecular formula is C17H17NO6. The molecule has 1 aromatic carbocycles. The molecule has 126 valence electrons. The molecule has 0 bridgehead atoms. The van der Waals surface area contributed by atoms with Gasteiger partial charge in [0.25, 0.3) is 0 Å². The fraction of sp³-hybridized carbons (Fsp3) is 0.353. The highest BCUT2D eigenvalue weighted by molar-refractivity contribution is 5.91. The topological polar surface area (TPSA) is 82.1 Å². The van der Waals surface area contributed by atoms with Crippen molar-refractivity contribution in [3.63, 3.8) is 0 Å². The maximum Gasteiger partial charge on any atom is 0.419 e. The molecule has 1 aromatic rings. The van der Waals surface area contributed by atoms with Crippen molar-refractivity contribution in [3.8, 4) is 5.75 Å². The zero-order valence-corrected chi connectivity index (χ0v) is 13.2. The Labute approximate surface area is 138 Å². The number of carbonyl (C=O) groups excluding carboxylic acids is 3. The van der Waals surface area contributed by atoms with E-state index in [2.05, 4.69) is 11.3 Å². The van der Waals surface area contributed by atoms with Crippen LogP contribution in [-0.2, 0) is 19.1 Å². The number of hydrogen-bond acceptors (Lipinski definition) is 6. The number of methoxy groups -OCH3 is 1. The third-order valence-corrected chi connectivity index (χ3v) is 4.33. The van der Waals surface area contributed by atoms with Crippen LogP contribution in [0.2, 0.25) is 0 Å². The van der Waals surface area contributed by atoms with E-state index in [4.69, 9.17) is 9.47 Å². The number of amides is 1. The van der Waals surface area contributed by atoms with Gasteiger partial charge >= 0.3 is 18.0 Å². The fourth-order valence-corrected chi connectivity index (χ4v) is 3.14. The molecule has 0 radical (unpaired) electrons. The number of nitrogens with zero attached hydrogens (tertiary/aromatic N) is 1. The number of carbonyl (C=O) groups is 3. The van der Waals surface area contributed by atoms with Crippen LogP contribution in [0.1, 0.15) is 31.1 Å². The summed E-state index contributed by atoms with van der Waals surface area (Å²) >= 11 is 0. The van der Waals surface area contributed by atoms with E-state index in [1.54, 1.807) is 24.3 Å². The van der Waals surface area contributed by atoms with E-state index in [0.717, 1.165) is 0 Å². The highest BCUT2D eigenvalue weighted by Gasteiger charge is 2.60. The Kier molecular flexibility index (Phi) is 4.01. The molecule has 0 aromatic heterocycles. The van der Waals surface area contributed by atoms with E-state index in [1.807, 2.05) is 0 Å². The van der Waals surface area contributed by atoms with Gasteiger partial charge < -0.3 is 14.2 Å². The van der Waals surface area contributed by atoms with Crippen LogP contribution in [0.3, 0.4) is 0 Å². The molecule has 0 unspecified atom stereocenters. The first kappa shape index (κ1) is 16.0. The molecule has 0 spiro atoms. The third-order valence-electron chi connectivity index (χ3n) is 4.33. The molecule has 3 rings (SSSR count). The van der Waals surface area contributed by atoms with Crippen LogP contribution in [0, 0.1) is 0 Å². The number of esters is 2. The first-order valence-corrected chi connectivity index (χ1v) is 7.52. The summed E-state index contributed by atoms with van der Waals surface area (Å²) in [4.78, 5) is 37.9. The molecule has 7 heteroatoms. The number of hydrogen-bond donors (Lipinski definition) is 0. The van der Waals surface area contributed by atoms with Crippen molar-refractivity contribution in [2.24, 2.45) is 0 Å². The molecule has 1 amide bonds. The monoisotopic (exact) mass is 331 g/mol. The fourth-order valence-electron chi connectivity index (χ4n) is 3.14. The standard InChI is InChI=1S/C17H17NO6/c1-3-9-17(10-8-13(19)22-2)15(20)24-14-11-6-4-5-7-12(11)23-16(21)18(14)17/h3-7,14H,1,8-10H2,2H3/t14-,17+/m1/s1. The van der Waals surface area contributed by atoms with Gasteiger partial charge in [0.2, 0.25) is 6.23 Å². The van der Waals surface area contributed by atoms with Crippen LogP contribution >= 0.6 is 0 Å². The summed E-state index contributed by atoms with van der Waals surface area (Å²) in [6.45, 7) is 3.66. The third kappa shape index (κ3) is 2.33. The molecule has 2 aliphatic rings. The summed E-state index contributed by atoms with van der Waals surface area (Å²) < 4.78 is 15.5. The Morgan fingerprint density at radius 3 is 2.88 bits per heavy atom. The van der Waals surface area contributed by atoms with Gasteiger partial charge in [-0.05, 0) is 25.0 Å². The second kappa shape index (κ2) is 5.99. The van der Waals surface area contributed by atoms with Crippen molar-refractivity contribution in [3.05, 3.63) is 42.5 Å². The maximum atomic E-state index is 12.6. The van der Waals surface area contributed by atoms with Gasteiger partial charge in [0.15, 0.2) is 5.54 Å². The molecule has 1 fully saturated rings. The molecule has 0 aliphatic carbocycles. The van der Waals surface area contributed by atoms with Gasteiger partial charge in [-0.15, -0.1) is 6.58 Å². The van der Waals surface area contributed by atoms with Crippen LogP contribution in [0.5, 0.6) is 5.75 Å². The molecule has 0 saturated carbocycles. The van der Waals surface area contributed by atoms with Crippen LogP contribution in [0.4, 0.5) is 4.79 Å². The Morgan fingerprint density at radius 2 is 2.17 bits per heavy atom. The average molecular weight is 331 g/mol. The van der Waals surface area contributed by atoms with Crippen molar-refractivity contribution in [1.82, 2.24) is 4.90 Å². The average Bonchev–Trinajstić information content (AvgIpc) is 2.87. The molecular weight excluding hydrogens is 314 g/mol. The van der Waals surface area contributed by atoms with Crippen LogP contribution < -0.4 is 4.74 Å². The molecule has 2 heterocycles. The Bertz CT molecular complexity index is 715. The van der Waals surface area contributed by atoms with Gasteiger partial charge in [0.1, 0.15) is 5.75 Å². The molecule has 2 aliphatic heterocycles.